The molecule has 13 N–H and O–H groups in total. The molecular formula is C65H76ClF2N11O19S. The van der Waals surface area contributed by atoms with Gasteiger partial charge in [-0.05, 0) is 112 Å². The number of oxazole rings is 5. The topological polar surface area (TPSA) is 435 Å². The molecule has 0 fully saturated rings. The number of hydrogen-bond donors (Lipinski definition) is 12. The van der Waals surface area contributed by atoms with Crippen LogP contribution in [0.25, 0.3) is 55.5 Å². The van der Waals surface area contributed by atoms with Crippen molar-refractivity contribution in [3.8, 4) is 28.7 Å². The number of nitrogens with two attached hydrogens (primary N) is 1. The summed E-state index contributed by atoms with van der Waals surface area (Å²) in [5, 5.41) is 57.8. The van der Waals surface area contributed by atoms with Crippen molar-refractivity contribution < 1.29 is 97.8 Å². The molecule has 532 valence electrons. The van der Waals surface area contributed by atoms with Gasteiger partial charge in [-0.15, -0.1) is 0 Å². The lowest BCUT2D eigenvalue weighted by atomic mass is 10.2. The molecule has 11 rings (SSSR count). The molecule has 99 heavy (non-hydrogen) atoms. The van der Waals surface area contributed by atoms with Crippen molar-refractivity contribution >= 4 is 107 Å². The number of fused-ring (bicyclic) bond motifs is 5. The minimum Gasteiger partial charge on any atom is -0.508 e. The second kappa shape index (κ2) is 39.0. The first-order valence-electron chi connectivity index (χ1n) is 29.9. The zero-order chi connectivity index (χ0) is 71.9. The second-order valence-electron chi connectivity index (χ2n) is 21.2. The number of benzene rings is 6. The lowest BCUT2D eigenvalue weighted by Gasteiger charge is -2.20. The molecule has 0 bridgehead atoms. The summed E-state index contributed by atoms with van der Waals surface area (Å²) in [7, 11) is -0.824. The van der Waals surface area contributed by atoms with Crippen molar-refractivity contribution in [1.82, 2.24) is 30.2 Å². The fourth-order valence-electron chi connectivity index (χ4n) is 7.71. The minimum absolute atomic E-state index is 0.00941. The van der Waals surface area contributed by atoms with E-state index in [1.165, 1.54) is 18.2 Å². The summed E-state index contributed by atoms with van der Waals surface area (Å²) in [4.78, 5) is 32.1. The molecule has 0 spiro atoms. The highest BCUT2D eigenvalue weighted by Crippen LogP contribution is 2.28. The molecule has 5 aromatic heterocycles. The van der Waals surface area contributed by atoms with E-state index in [1.807, 2.05) is 19.1 Å². The van der Waals surface area contributed by atoms with E-state index in [0.717, 1.165) is 28.1 Å². The number of nitrogens with one attached hydrogen (secondary N) is 5. The molecule has 0 aliphatic rings. The first-order chi connectivity index (χ1) is 47.5. The lowest BCUT2D eigenvalue weighted by Crippen LogP contribution is -2.34. The number of hydrogen-bond acceptors (Lipinski definition) is 28. The number of ether oxygens (including phenoxy) is 5. The van der Waals surface area contributed by atoms with Crippen molar-refractivity contribution in [2.75, 3.05) is 114 Å². The molecule has 0 aliphatic carbocycles. The summed E-state index contributed by atoms with van der Waals surface area (Å²) in [5.41, 5.74) is 12.6. The van der Waals surface area contributed by atoms with E-state index in [1.54, 1.807) is 120 Å². The number of aromatic nitrogens is 5. The van der Waals surface area contributed by atoms with E-state index < -0.39 is 21.8 Å². The molecule has 0 saturated heterocycles. The van der Waals surface area contributed by atoms with Crippen molar-refractivity contribution in [2.24, 2.45) is 5.73 Å². The largest absolute Gasteiger partial charge is 0.508 e. The number of phenols is 1. The molecule has 0 atom stereocenters. The van der Waals surface area contributed by atoms with Crippen molar-refractivity contribution in [3.63, 3.8) is 0 Å². The van der Waals surface area contributed by atoms with E-state index in [-0.39, 0.29) is 74.3 Å². The van der Waals surface area contributed by atoms with Gasteiger partial charge in [0.25, 0.3) is 39.5 Å². The normalized spacial score (nSPS) is 11.3. The van der Waals surface area contributed by atoms with Crippen LogP contribution >= 0.6 is 11.6 Å². The highest BCUT2D eigenvalue weighted by atomic mass is 35.5. The Labute approximate surface area is 570 Å². The predicted octanol–water partition coefficient (Wildman–Crippen LogP) is 10.3. The van der Waals surface area contributed by atoms with Gasteiger partial charge in [-0.1, -0.05) is 17.7 Å². The van der Waals surface area contributed by atoms with E-state index in [9.17, 15) is 22.0 Å². The Balaban J connectivity index is 0.000000193. The molecule has 34 heteroatoms. The number of halogens is 3. The molecule has 0 unspecified atom stereocenters. The van der Waals surface area contributed by atoms with E-state index in [2.05, 4.69) is 51.5 Å². The Morgan fingerprint density at radius 2 is 0.919 bits per heavy atom. The molecular weight excluding hydrogens is 1340 g/mol. The predicted molar refractivity (Wildman–Crippen MR) is 366 cm³/mol. The number of phenolic OH excluding ortho intramolecular Hbond substituents is 1. The monoisotopic (exact) mass is 1420 g/mol. The second-order valence-corrected chi connectivity index (χ2v) is 22.9. The molecule has 5 heterocycles. The number of aliphatic hydroxyl groups excluding tert-OH is 4. The van der Waals surface area contributed by atoms with Gasteiger partial charge in [0.15, 0.2) is 27.9 Å². The summed E-state index contributed by atoms with van der Waals surface area (Å²) in [6.07, 6.45) is 0.207. The molecule has 0 radical (unpaired) electrons. The maximum Gasteiger partial charge on any atom is 0.407 e. The van der Waals surface area contributed by atoms with Crippen LogP contribution in [0.15, 0.2) is 166 Å². The fraction of sp³-hybridized carbons (Fsp3) is 0.292. The Hall–Kier alpha value is -10.5. The van der Waals surface area contributed by atoms with Gasteiger partial charge in [0.1, 0.15) is 75.1 Å². The van der Waals surface area contributed by atoms with E-state index in [4.69, 9.17) is 93.2 Å². The van der Waals surface area contributed by atoms with Gasteiger partial charge in [0.05, 0.1) is 58.2 Å². The number of carbonyl (C=O) groups excluding carboxylic acids is 1. The third-order valence-electron chi connectivity index (χ3n) is 12.4. The van der Waals surface area contributed by atoms with Crippen LogP contribution < -0.4 is 51.3 Å². The zero-order valence-electron chi connectivity index (χ0n) is 54.5. The summed E-state index contributed by atoms with van der Waals surface area (Å²) >= 11 is 5.56. The van der Waals surface area contributed by atoms with Gasteiger partial charge < -0.3 is 104 Å². The van der Waals surface area contributed by atoms with Crippen molar-refractivity contribution in [3.05, 3.63) is 150 Å². The van der Waals surface area contributed by atoms with Crippen molar-refractivity contribution in [2.45, 2.75) is 38.2 Å². The first-order valence-corrected chi connectivity index (χ1v) is 31.7. The Bertz CT molecular complexity index is 4480. The van der Waals surface area contributed by atoms with Crippen molar-refractivity contribution in [1.29, 1.82) is 0 Å². The standard InChI is InChI=1S/C18H24FN3O5.C13H16FN3O3.C10H12N2O3.C9H10N2O3.C8H6ClNO2.C7H8O3S/c1-18(2,3)27-17(24)21-10-12(9-19)11-25-13-4-5-14-15(8-13)26-16(22-14)20-6-7-23;14-6-9(7-15)8-19-10-1-2-11-12(5-10)20-13(17-11)16-3-4-18;1-14-7-2-3-8-9(6-7)15-10(12-8)11-4-5-13;12-4-3-10-9-11-7-2-1-6(13)5-8(7)14-9;1-11-5-2-3-6-7(4-5)12-8(9)10-6;1-6-2-4-7(5-3-6)11(8,9)10/h4-5,8-9,23H,6-7,10-11H2,1-3H3,(H,20,22)(H,21,24);1-2,5-6,18H,3-4,7-8,15H2,(H,16,17);2-3,6,13H,4-5H2,1H3,(H,11,12);1-2,5,12-13H,3-4H2,(H,10,11);2-4H,1H3;2-5H,1H3,(H,8,9,10)/b12-9+;9-6+;;;;. The molecule has 1 amide bonds. The molecule has 0 aliphatic heterocycles. The molecule has 0 saturated carbocycles. The number of nitrogens with zero attached hydrogens (tertiary/aromatic N) is 5. The van der Waals surface area contributed by atoms with Gasteiger partial charge in [-0.2, -0.15) is 33.3 Å². The van der Waals surface area contributed by atoms with Gasteiger partial charge in [-0.25, -0.2) is 13.6 Å². The number of aliphatic hydroxyl groups is 4. The average molecular weight is 1420 g/mol. The molecule has 11 aromatic rings. The Kier molecular flexibility index (Phi) is 30.5. The van der Waals surface area contributed by atoms with E-state index in [0.29, 0.717) is 124 Å². The maximum atomic E-state index is 13.0. The number of aryl methyl sites for hydroxylation is 1. The van der Waals surface area contributed by atoms with Gasteiger partial charge in [0.2, 0.25) is 0 Å². The van der Waals surface area contributed by atoms with Crippen LogP contribution in [0.1, 0.15) is 26.3 Å². The van der Waals surface area contributed by atoms with Crippen LogP contribution in [0, 0.1) is 6.92 Å². The highest BCUT2D eigenvalue weighted by molar-refractivity contribution is 7.85. The quantitative estimate of drug-likeness (QED) is 0.0250. The zero-order valence-corrected chi connectivity index (χ0v) is 56.0. The number of methoxy groups -OCH3 is 2. The third-order valence-corrected chi connectivity index (χ3v) is 13.4. The number of rotatable bonds is 24. The highest BCUT2D eigenvalue weighted by Gasteiger charge is 2.17. The number of carbonyl (C=O) groups is 1. The summed E-state index contributed by atoms with van der Waals surface area (Å²) in [6, 6.07) is 33.0. The number of alkyl carbamates (subject to hydrolysis) is 1. The smallest absolute Gasteiger partial charge is 0.407 e. The lowest BCUT2D eigenvalue weighted by molar-refractivity contribution is 0.0531. The average Bonchev–Trinajstić information content (AvgIpc) is 1.74. The SMILES string of the molecule is CC(C)(C)OC(=O)NC/C(=C\F)COc1ccc2nc(NCCO)oc2c1.COc1ccc2nc(Cl)oc2c1.COc1ccc2nc(NCCO)oc2c1.Cc1ccc(S(=O)(=O)O)cc1.NC/C(=C\F)COc1ccc2nc(NCCO)oc2c1.OCCNc1nc2ccc(O)cc2o1. The number of aromatic hydroxyl groups is 1. The minimum atomic E-state index is -4.02. The van der Waals surface area contributed by atoms with Gasteiger partial charge in [-0.3, -0.25) is 4.55 Å². The number of anilines is 4. The third kappa shape index (κ3) is 26.1. The maximum absolute atomic E-state index is 13.0. The van der Waals surface area contributed by atoms with Crippen LogP contribution in [-0.4, -0.2) is 168 Å². The fourth-order valence-corrected chi connectivity index (χ4v) is 8.36. The first kappa shape index (κ1) is 77.5. The summed E-state index contributed by atoms with van der Waals surface area (Å²) < 4.78 is 108. The Morgan fingerprint density at radius 3 is 1.29 bits per heavy atom. The van der Waals surface area contributed by atoms with Crippen LogP contribution in [0.3, 0.4) is 0 Å². The number of amides is 1. The summed E-state index contributed by atoms with van der Waals surface area (Å²) in [6.45, 7) is 8.67. The van der Waals surface area contributed by atoms with Crippen LogP contribution in [0.5, 0.6) is 28.7 Å². The van der Waals surface area contributed by atoms with Gasteiger partial charge >= 0.3 is 6.09 Å². The molecule has 30 nitrogen and oxygen atoms in total. The summed E-state index contributed by atoms with van der Waals surface area (Å²) in [5.74, 6) is 2.60. The van der Waals surface area contributed by atoms with Gasteiger partial charge in [0, 0.05) is 80.7 Å². The van der Waals surface area contributed by atoms with Crippen LogP contribution in [0.2, 0.25) is 5.35 Å². The van der Waals surface area contributed by atoms with Crippen LogP contribution in [0.4, 0.5) is 37.6 Å². The van der Waals surface area contributed by atoms with E-state index >= 15 is 0 Å². The molecule has 6 aromatic carbocycles. The Morgan fingerprint density at radius 1 is 0.556 bits per heavy atom. The van der Waals surface area contributed by atoms with Crippen LogP contribution in [-0.2, 0) is 14.9 Å².